The van der Waals surface area contributed by atoms with Crippen LogP contribution in [0.4, 0.5) is 0 Å². The first-order valence-electron chi connectivity index (χ1n) is 5.73. The SMILES string of the molecule is CCC(C(=O)OCC=O)c1nc(OC)cc(OC)n1. The van der Waals surface area contributed by atoms with Crippen molar-refractivity contribution < 1.29 is 23.8 Å². The largest absolute Gasteiger partial charge is 0.481 e. The van der Waals surface area contributed by atoms with E-state index in [-0.39, 0.29) is 12.4 Å². The molecule has 7 nitrogen and oxygen atoms in total. The van der Waals surface area contributed by atoms with Crippen LogP contribution in [0.5, 0.6) is 11.8 Å². The van der Waals surface area contributed by atoms with Crippen LogP contribution in [0, 0.1) is 0 Å². The topological polar surface area (TPSA) is 87.6 Å². The van der Waals surface area contributed by atoms with Crippen molar-refractivity contribution in [2.24, 2.45) is 0 Å². The second-order valence-electron chi connectivity index (χ2n) is 3.57. The van der Waals surface area contributed by atoms with Gasteiger partial charge in [0, 0.05) is 0 Å². The number of carbonyl (C=O) groups excluding carboxylic acids is 2. The molecule has 0 N–H and O–H groups in total. The summed E-state index contributed by atoms with van der Waals surface area (Å²) in [7, 11) is 2.91. The third-order valence-electron chi connectivity index (χ3n) is 2.41. The summed E-state index contributed by atoms with van der Waals surface area (Å²) in [6.07, 6.45) is 0.950. The molecular weight excluding hydrogens is 252 g/mol. The highest BCUT2D eigenvalue weighted by Gasteiger charge is 2.24. The van der Waals surface area contributed by atoms with Crippen molar-refractivity contribution in [3.05, 3.63) is 11.9 Å². The summed E-state index contributed by atoms with van der Waals surface area (Å²) in [6, 6.07) is 1.51. The number of ether oxygens (including phenoxy) is 3. The minimum atomic E-state index is -0.663. The van der Waals surface area contributed by atoms with Gasteiger partial charge in [0.05, 0.1) is 20.3 Å². The third kappa shape index (κ3) is 3.90. The molecular formula is C12H16N2O5. The molecule has 1 rings (SSSR count). The molecule has 1 aromatic heterocycles. The number of esters is 1. The van der Waals surface area contributed by atoms with Crippen molar-refractivity contribution in [3.8, 4) is 11.8 Å². The molecule has 0 saturated heterocycles. The van der Waals surface area contributed by atoms with E-state index in [0.717, 1.165) is 0 Å². The smallest absolute Gasteiger partial charge is 0.317 e. The Morgan fingerprint density at radius 1 is 1.32 bits per heavy atom. The number of nitrogens with zero attached hydrogens (tertiary/aromatic N) is 2. The van der Waals surface area contributed by atoms with E-state index < -0.39 is 11.9 Å². The van der Waals surface area contributed by atoms with E-state index in [4.69, 9.17) is 14.2 Å². The lowest BCUT2D eigenvalue weighted by molar-refractivity contribution is -0.147. The molecule has 1 heterocycles. The van der Waals surface area contributed by atoms with Crippen LogP contribution < -0.4 is 9.47 Å². The maximum atomic E-state index is 11.8. The molecule has 1 aromatic rings. The fraction of sp³-hybridized carbons (Fsp3) is 0.500. The number of carbonyl (C=O) groups is 2. The highest BCUT2D eigenvalue weighted by Crippen LogP contribution is 2.23. The second kappa shape index (κ2) is 7.30. The van der Waals surface area contributed by atoms with Crippen LogP contribution in [-0.4, -0.2) is 43.0 Å². The molecule has 0 bridgehead atoms. The number of hydrogen-bond acceptors (Lipinski definition) is 7. The van der Waals surface area contributed by atoms with Crippen LogP contribution in [-0.2, 0) is 14.3 Å². The van der Waals surface area contributed by atoms with Crippen molar-refractivity contribution >= 4 is 12.3 Å². The number of aldehydes is 1. The molecule has 0 amide bonds. The predicted octanol–water partition coefficient (Wildman–Crippen LogP) is 0.730. The predicted molar refractivity (Wildman–Crippen MR) is 65.2 cm³/mol. The van der Waals surface area contributed by atoms with Gasteiger partial charge in [0.15, 0.2) is 12.1 Å². The summed E-state index contributed by atoms with van der Waals surface area (Å²) in [5.41, 5.74) is 0. The van der Waals surface area contributed by atoms with E-state index in [2.05, 4.69) is 9.97 Å². The van der Waals surface area contributed by atoms with Crippen molar-refractivity contribution in [2.75, 3.05) is 20.8 Å². The van der Waals surface area contributed by atoms with Gasteiger partial charge in [-0.2, -0.15) is 9.97 Å². The Balaban J connectivity index is 3.02. The lowest BCUT2D eigenvalue weighted by Gasteiger charge is -2.13. The molecule has 19 heavy (non-hydrogen) atoms. The van der Waals surface area contributed by atoms with Crippen molar-refractivity contribution in [2.45, 2.75) is 19.3 Å². The van der Waals surface area contributed by atoms with Gasteiger partial charge in [0.2, 0.25) is 11.8 Å². The molecule has 0 radical (unpaired) electrons. The number of hydrogen-bond donors (Lipinski definition) is 0. The average molecular weight is 268 g/mol. The fourth-order valence-electron chi connectivity index (χ4n) is 1.46. The van der Waals surface area contributed by atoms with Gasteiger partial charge in [-0.05, 0) is 6.42 Å². The Hall–Kier alpha value is -2.18. The van der Waals surface area contributed by atoms with Crippen LogP contribution >= 0.6 is 0 Å². The van der Waals surface area contributed by atoms with Crippen molar-refractivity contribution in [1.29, 1.82) is 0 Å². The van der Waals surface area contributed by atoms with E-state index >= 15 is 0 Å². The number of rotatable bonds is 7. The molecule has 104 valence electrons. The van der Waals surface area contributed by atoms with Crippen molar-refractivity contribution in [1.82, 2.24) is 9.97 Å². The van der Waals surface area contributed by atoms with Crippen LogP contribution in [0.25, 0.3) is 0 Å². The Kier molecular flexibility index (Phi) is 5.72. The maximum absolute atomic E-state index is 11.8. The Morgan fingerprint density at radius 2 is 1.89 bits per heavy atom. The molecule has 0 spiro atoms. The number of methoxy groups -OCH3 is 2. The number of aromatic nitrogens is 2. The molecule has 1 unspecified atom stereocenters. The molecule has 0 fully saturated rings. The summed E-state index contributed by atoms with van der Waals surface area (Å²) < 4.78 is 14.8. The zero-order valence-electron chi connectivity index (χ0n) is 11.1. The second-order valence-corrected chi connectivity index (χ2v) is 3.57. The van der Waals surface area contributed by atoms with Gasteiger partial charge in [-0.25, -0.2) is 0 Å². The summed E-state index contributed by atoms with van der Waals surface area (Å²) in [5.74, 6) is -0.379. The molecule has 7 heteroatoms. The van der Waals surface area contributed by atoms with Gasteiger partial charge in [0.25, 0.3) is 0 Å². The van der Waals surface area contributed by atoms with Gasteiger partial charge in [-0.3, -0.25) is 9.59 Å². The highest BCUT2D eigenvalue weighted by molar-refractivity contribution is 5.78. The van der Waals surface area contributed by atoms with Crippen molar-refractivity contribution in [3.63, 3.8) is 0 Å². The maximum Gasteiger partial charge on any atom is 0.317 e. The lowest BCUT2D eigenvalue weighted by Crippen LogP contribution is -2.19. The zero-order valence-corrected chi connectivity index (χ0v) is 11.1. The van der Waals surface area contributed by atoms with Crippen LogP contribution in [0.2, 0.25) is 0 Å². The van der Waals surface area contributed by atoms with Gasteiger partial charge in [-0.1, -0.05) is 6.92 Å². The van der Waals surface area contributed by atoms with Gasteiger partial charge < -0.3 is 14.2 Å². The monoisotopic (exact) mass is 268 g/mol. The quantitative estimate of drug-likeness (QED) is 0.532. The van der Waals surface area contributed by atoms with Crippen LogP contribution in [0.1, 0.15) is 25.1 Å². The first-order valence-corrected chi connectivity index (χ1v) is 5.73. The van der Waals surface area contributed by atoms with E-state index in [1.165, 1.54) is 20.3 Å². The van der Waals surface area contributed by atoms with Gasteiger partial charge >= 0.3 is 5.97 Å². The van der Waals surface area contributed by atoms with E-state index in [0.29, 0.717) is 24.5 Å². The Labute approximate surface area is 110 Å². The minimum absolute atomic E-state index is 0.245. The average Bonchev–Trinajstić information content (AvgIpc) is 2.45. The normalized spacial score (nSPS) is 11.5. The van der Waals surface area contributed by atoms with Crippen LogP contribution in [0.3, 0.4) is 0 Å². The summed E-state index contributed by atoms with van der Waals surface area (Å²) in [5, 5.41) is 0. The summed E-state index contributed by atoms with van der Waals surface area (Å²) in [6.45, 7) is 1.51. The lowest BCUT2D eigenvalue weighted by atomic mass is 10.1. The standard InChI is InChI=1S/C12H16N2O5/c1-4-8(12(16)19-6-5-15)11-13-9(17-2)7-10(14-11)18-3/h5,7-8H,4,6H2,1-3H3. The Bertz CT molecular complexity index is 427. The van der Waals surface area contributed by atoms with Gasteiger partial charge in [-0.15, -0.1) is 0 Å². The highest BCUT2D eigenvalue weighted by atomic mass is 16.5. The van der Waals surface area contributed by atoms with Gasteiger partial charge in [0.1, 0.15) is 12.5 Å². The Morgan fingerprint density at radius 3 is 2.32 bits per heavy atom. The fourth-order valence-corrected chi connectivity index (χ4v) is 1.46. The first kappa shape index (κ1) is 14.9. The molecule has 0 aliphatic carbocycles. The molecule has 0 aliphatic heterocycles. The molecule has 0 saturated carbocycles. The molecule has 0 aromatic carbocycles. The summed E-state index contributed by atoms with van der Waals surface area (Å²) >= 11 is 0. The third-order valence-corrected chi connectivity index (χ3v) is 2.41. The van der Waals surface area contributed by atoms with E-state index in [1.54, 1.807) is 6.92 Å². The first-order chi connectivity index (χ1) is 9.15. The molecule has 1 atom stereocenters. The molecule has 0 aliphatic rings. The van der Waals surface area contributed by atoms with E-state index in [9.17, 15) is 9.59 Å². The zero-order chi connectivity index (χ0) is 14.3. The van der Waals surface area contributed by atoms with E-state index in [1.807, 2.05) is 0 Å². The minimum Gasteiger partial charge on any atom is -0.481 e. The van der Waals surface area contributed by atoms with Crippen LogP contribution in [0.15, 0.2) is 6.07 Å². The summed E-state index contributed by atoms with van der Waals surface area (Å²) in [4.78, 5) is 30.2.